The molecule has 0 amide bonds. The maximum atomic E-state index is 6.42. The third-order valence-electron chi connectivity index (χ3n) is 2.88. The van der Waals surface area contributed by atoms with Crippen molar-refractivity contribution in [3.8, 4) is 5.75 Å². The van der Waals surface area contributed by atoms with E-state index >= 15 is 0 Å². The molecule has 1 rings (SSSR count). The van der Waals surface area contributed by atoms with Crippen molar-refractivity contribution in [1.82, 2.24) is 0 Å². The largest absolute Gasteiger partial charge is 0.492 e. The Morgan fingerprint density at radius 2 is 2.06 bits per heavy atom. The van der Waals surface area contributed by atoms with E-state index in [2.05, 4.69) is 48.8 Å². The number of rotatable bonds is 6. The molecule has 0 saturated heterocycles. The fraction of sp³-hybridized carbons (Fsp3) is 0.571. The van der Waals surface area contributed by atoms with Gasteiger partial charge in [0.2, 0.25) is 0 Å². The molecule has 0 N–H and O–H groups in total. The van der Waals surface area contributed by atoms with E-state index in [0.717, 1.165) is 35.2 Å². The Labute approximate surface area is 118 Å². The van der Waals surface area contributed by atoms with E-state index in [-0.39, 0.29) is 5.38 Å². The van der Waals surface area contributed by atoms with Gasteiger partial charge in [-0.2, -0.15) is 0 Å². The van der Waals surface area contributed by atoms with Gasteiger partial charge in [0.05, 0.1) is 16.5 Å². The number of alkyl halides is 1. The molecular weight excluding hydrogens is 300 g/mol. The highest BCUT2D eigenvalue weighted by molar-refractivity contribution is 9.10. The second kappa shape index (κ2) is 7.27. The Morgan fingerprint density at radius 1 is 1.35 bits per heavy atom. The summed E-state index contributed by atoms with van der Waals surface area (Å²) in [4.78, 5) is 0. The summed E-state index contributed by atoms with van der Waals surface area (Å²) in [6, 6.07) is 6.11. The van der Waals surface area contributed by atoms with Gasteiger partial charge in [0.25, 0.3) is 0 Å². The molecule has 1 aromatic carbocycles. The van der Waals surface area contributed by atoms with Crippen LogP contribution >= 0.6 is 27.5 Å². The smallest absolute Gasteiger partial charge is 0.133 e. The van der Waals surface area contributed by atoms with Gasteiger partial charge in [0.15, 0.2) is 0 Å². The van der Waals surface area contributed by atoms with E-state index in [9.17, 15) is 0 Å². The molecule has 3 heteroatoms. The van der Waals surface area contributed by atoms with Gasteiger partial charge in [-0.1, -0.05) is 33.3 Å². The average molecular weight is 320 g/mol. The van der Waals surface area contributed by atoms with Crippen molar-refractivity contribution >= 4 is 27.5 Å². The van der Waals surface area contributed by atoms with Crippen LogP contribution in [-0.4, -0.2) is 6.61 Å². The summed E-state index contributed by atoms with van der Waals surface area (Å²) in [5.41, 5.74) is 1.15. The van der Waals surface area contributed by atoms with Crippen LogP contribution in [-0.2, 0) is 0 Å². The fourth-order valence-corrected chi connectivity index (χ4v) is 2.38. The third kappa shape index (κ3) is 4.18. The highest BCUT2D eigenvalue weighted by atomic mass is 79.9. The van der Waals surface area contributed by atoms with Crippen LogP contribution < -0.4 is 4.74 Å². The molecule has 2 atom stereocenters. The van der Waals surface area contributed by atoms with Crippen LogP contribution in [0.2, 0.25) is 0 Å². The van der Waals surface area contributed by atoms with Crippen molar-refractivity contribution in [2.24, 2.45) is 5.92 Å². The van der Waals surface area contributed by atoms with E-state index in [1.807, 2.05) is 6.07 Å². The highest BCUT2D eigenvalue weighted by Gasteiger charge is 2.16. The average Bonchev–Trinajstić information content (AvgIpc) is 2.35. The predicted molar refractivity (Wildman–Crippen MR) is 78.0 cm³/mol. The quantitative estimate of drug-likeness (QED) is 0.623. The van der Waals surface area contributed by atoms with E-state index in [1.54, 1.807) is 0 Å². The van der Waals surface area contributed by atoms with Crippen molar-refractivity contribution < 1.29 is 4.74 Å². The molecule has 0 heterocycles. The molecule has 0 aliphatic rings. The molecule has 0 radical (unpaired) electrons. The number of halogens is 2. The topological polar surface area (TPSA) is 9.23 Å². The molecule has 17 heavy (non-hydrogen) atoms. The molecule has 1 aromatic rings. The molecule has 0 aliphatic heterocycles. The first-order chi connectivity index (χ1) is 8.10. The summed E-state index contributed by atoms with van der Waals surface area (Å²) in [7, 11) is 0. The van der Waals surface area contributed by atoms with Gasteiger partial charge >= 0.3 is 0 Å². The van der Waals surface area contributed by atoms with Gasteiger partial charge in [0, 0.05) is 0 Å². The molecule has 0 aliphatic carbocycles. The van der Waals surface area contributed by atoms with Crippen LogP contribution in [0.15, 0.2) is 22.7 Å². The predicted octanol–water partition coefficient (Wildman–Crippen LogP) is 5.56. The minimum absolute atomic E-state index is 0.0662. The summed E-state index contributed by atoms with van der Waals surface area (Å²) >= 11 is 9.96. The summed E-state index contributed by atoms with van der Waals surface area (Å²) in [6.07, 6.45) is 2.10. The van der Waals surface area contributed by atoms with Gasteiger partial charge in [0.1, 0.15) is 5.75 Å². The van der Waals surface area contributed by atoms with Gasteiger partial charge in [-0.15, -0.1) is 11.6 Å². The lowest BCUT2D eigenvalue weighted by Gasteiger charge is -2.17. The van der Waals surface area contributed by atoms with E-state index in [4.69, 9.17) is 16.3 Å². The molecule has 0 fully saturated rings. The SMILES string of the molecule is CCCOc1ccc(C(Cl)C(C)CC)cc1Br. The zero-order chi connectivity index (χ0) is 12.8. The summed E-state index contributed by atoms with van der Waals surface area (Å²) < 4.78 is 6.60. The zero-order valence-electron chi connectivity index (χ0n) is 10.7. The third-order valence-corrected chi connectivity index (χ3v) is 4.18. The maximum absolute atomic E-state index is 6.42. The Balaban J connectivity index is 2.80. The first kappa shape index (κ1) is 14.8. The summed E-state index contributed by atoms with van der Waals surface area (Å²) in [6.45, 7) is 7.18. The molecule has 0 saturated carbocycles. The zero-order valence-corrected chi connectivity index (χ0v) is 13.0. The Kier molecular flexibility index (Phi) is 6.35. The number of hydrogen-bond acceptors (Lipinski definition) is 1. The Bertz CT molecular complexity index is 354. The Morgan fingerprint density at radius 3 is 2.59 bits per heavy atom. The van der Waals surface area contributed by atoms with Crippen LogP contribution in [0.3, 0.4) is 0 Å². The van der Waals surface area contributed by atoms with Gasteiger partial charge < -0.3 is 4.74 Å². The standard InChI is InChI=1S/C14H20BrClO/c1-4-8-17-13-7-6-11(9-12(13)15)14(16)10(3)5-2/h6-7,9-10,14H,4-5,8H2,1-3H3. The van der Waals surface area contributed by atoms with Crippen LogP contribution in [0.25, 0.3) is 0 Å². The van der Waals surface area contributed by atoms with Crippen LogP contribution in [0.5, 0.6) is 5.75 Å². The minimum Gasteiger partial charge on any atom is -0.492 e. The van der Waals surface area contributed by atoms with Crippen molar-refractivity contribution in [1.29, 1.82) is 0 Å². The molecule has 0 bridgehead atoms. The molecule has 96 valence electrons. The van der Waals surface area contributed by atoms with Gasteiger partial charge in [-0.05, 0) is 46.0 Å². The summed E-state index contributed by atoms with van der Waals surface area (Å²) in [5.74, 6) is 1.37. The van der Waals surface area contributed by atoms with Crippen LogP contribution in [0, 0.1) is 5.92 Å². The van der Waals surface area contributed by atoms with Crippen LogP contribution in [0.1, 0.15) is 44.6 Å². The molecule has 1 nitrogen and oxygen atoms in total. The number of benzene rings is 1. The minimum atomic E-state index is 0.0662. The monoisotopic (exact) mass is 318 g/mol. The van der Waals surface area contributed by atoms with Gasteiger partial charge in [-0.3, -0.25) is 0 Å². The highest BCUT2D eigenvalue weighted by Crippen LogP contribution is 2.35. The second-order valence-corrected chi connectivity index (χ2v) is 5.65. The molecule has 2 unspecified atom stereocenters. The number of hydrogen-bond donors (Lipinski definition) is 0. The second-order valence-electron chi connectivity index (χ2n) is 4.33. The van der Waals surface area contributed by atoms with Crippen molar-refractivity contribution in [2.45, 2.75) is 39.0 Å². The van der Waals surface area contributed by atoms with Gasteiger partial charge in [-0.25, -0.2) is 0 Å². The number of ether oxygens (including phenoxy) is 1. The van der Waals surface area contributed by atoms with E-state index < -0.39 is 0 Å². The molecule has 0 aromatic heterocycles. The lowest BCUT2D eigenvalue weighted by atomic mass is 9.98. The summed E-state index contributed by atoms with van der Waals surface area (Å²) in [5, 5.41) is 0.0662. The van der Waals surface area contributed by atoms with Crippen LogP contribution in [0.4, 0.5) is 0 Å². The fourth-order valence-electron chi connectivity index (χ4n) is 1.55. The normalized spacial score (nSPS) is 14.4. The maximum Gasteiger partial charge on any atom is 0.133 e. The lowest BCUT2D eigenvalue weighted by Crippen LogP contribution is -2.03. The Hall–Kier alpha value is -0.210. The molecule has 0 spiro atoms. The lowest BCUT2D eigenvalue weighted by molar-refractivity contribution is 0.315. The van der Waals surface area contributed by atoms with Crippen molar-refractivity contribution in [3.05, 3.63) is 28.2 Å². The van der Waals surface area contributed by atoms with Crippen molar-refractivity contribution in [2.75, 3.05) is 6.61 Å². The van der Waals surface area contributed by atoms with E-state index in [1.165, 1.54) is 0 Å². The molecular formula is C14H20BrClO. The van der Waals surface area contributed by atoms with Crippen molar-refractivity contribution in [3.63, 3.8) is 0 Å². The first-order valence-corrected chi connectivity index (χ1v) is 7.39. The first-order valence-electron chi connectivity index (χ1n) is 6.16. The van der Waals surface area contributed by atoms with E-state index in [0.29, 0.717) is 5.92 Å².